The van der Waals surface area contributed by atoms with Crippen molar-refractivity contribution in [3.05, 3.63) is 23.2 Å². The van der Waals surface area contributed by atoms with Gasteiger partial charge in [0.1, 0.15) is 0 Å². The van der Waals surface area contributed by atoms with Crippen molar-refractivity contribution in [2.45, 2.75) is 19.9 Å². The molecule has 1 N–H and O–H groups in total. The highest BCUT2D eigenvalue weighted by Crippen LogP contribution is 2.24. The Balaban J connectivity index is 1.69. The molecule has 1 aliphatic rings. The molecular formula is C15H19N3O2S. The summed E-state index contributed by atoms with van der Waals surface area (Å²) in [6, 6.07) is 5.73. The summed E-state index contributed by atoms with van der Waals surface area (Å²) in [6.07, 6.45) is 0. The number of anilines is 1. The predicted octanol–water partition coefficient (Wildman–Crippen LogP) is 2.26. The third-order valence-corrected chi connectivity index (χ3v) is 4.69. The average molecular weight is 305 g/mol. The smallest absolute Gasteiger partial charge is 0.241 e. The van der Waals surface area contributed by atoms with Crippen LogP contribution in [-0.2, 0) is 9.53 Å². The molecule has 6 heteroatoms. The summed E-state index contributed by atoms with van der Waals surface area (Å²) in [5.41, 5.74) is 1.74. The van der Waals surface area contributed by atoms with Crippen LogP contribution in [0.2, 0.25) is 0 Å². The van der Waals surface area contributed by atoms with Crippen LogP contribution >= 0.6 is 11.3 Å². The van der Waals surface area contributed by atoms with Crippen LogP contribution in [0.25, 0.3) is 10.2 Å². The molecule has 2 aromatic rings. The molecule has 1 unspecified atom stereocenters. The number of thiazole rings is 1. The molecule has 112 valence electrons. The van der Waals surface area contributed by atoms with E-state index < -0.39 is 0 Å². The second-order valence-corrected chi connectivity index (χ2v) is 6.46. The van der Waals surface area contributed by atoms with E-state index in [0.29, 0.717) is 13.2 Å². The first kappa shape index (κ1) is 14.4. The second-order valence-electron chi connectivity index (χ2n) is 5.23. The number of hydrogen-bond acceptors (Lipinski definition) is 5. The number of amides is 1. The minimum atomic E-state index is -0.151. The Morgan fingerprint density at radius 2 is 2.19 bits per heavy atom. The SMILES string of the molecule is Cc1nc2cc(NC(=O)C(C)N3CCOCC3)ccc2s1. The predicted molar refractivity (Wildman–Crippen MR) is 84.8 cm³/mol. The first-order valence-electron chi connectivity index (χ1n) is 7.13. The zero-order valence-electron chi connectivity index (χ0n) is 12.3. The van der Waals surface area contributed by atoms with Gasteiger partial charge in [0.05, 0.1) is 34.5 Å². The highest BCUT2D eigenvalue weighted by atomic mass is 32.1. The Morgan fingerprint density at radius 1 is 1.43 bits per heavy atom. The number of fused-ring (bicyclic) bond motifs is 1. The quantitative estimate of drug-likeness (QED) is 0.945. The van der Waals surface area contributed by atoms with Crippen molar-refractivity contribution in [3.63, 3.8) is 0 Å². The van der Waals surface area contributed by atoms with E-state index >= 15 is 0 Å². The molecule has 1 saturated heterocycles. The van der Waals surface area contributed by atoms with Gasteiger partial charge < -0.3 is 10.1 Å². The van der Waals surface area contributed by atoms with Crippen LogP contribution in [-0.4, -0.2) is 48.1 Å². The van der Waals surface area contributed by atoms with Crippen LogP contribution < -0.4 is 5.32 Å². The maximum absolute atomic E-state index is 12.3. The lowest BCUT2D eigenvalue weighted by molar-refractivity contribution is -0.122. The van der Waals surface area contributed by atoms with Gasteiger partial charge in [-0.15, -0.1) is 11.3 Å². The molecule has 0 saturated carbocycles. The van der Waals surface area contributed by atoms with Gasteiger partial charge in [-0.2, -0.15) is 0 Å². The van der Waals surface area contributed by atoms with E-state index in [1.807, 2.05) is 32.0 Å². The van der Waals surface area contributed by atoms with Gasteiger partial charge in [0.25, 0.3) is 0 Å². The number of aryl methyl sites for hydroxylation is 1. The minimum Gasteiger partial charge on any atom is -0.379 e. The Labute approximate surface area is 127 Å². The first-order valence-corrected chi connectivity index (χ1v) is 7.95. The summed E-state index contributed by atoms with van der Waals surface area (Å²) in [5, 5.41) is 4.02. The lowest BCUT2D eigenvalue weighted by atomic mass is 10.2. The third kappa shape index (κ3) is 3.23. The number of carbonyl (C=O) groups excluding carboxylic acids is 1. The Kier molecular flexibility index (Phi) is 4.19. The van der Waals surface area contributed by atoms with E-state index in [-0.39, 0.29) is 11.9 Å². The van der Waals surface area contributed by atoms with Crippen molar-refractivity contribution in [2.75, 3.05) is 31.6 Å². The van der Waals surface area contributed by atoms with Crippen LogP contribution in [0.15, 0.2) is 18.2 Å². The maximum Gasteiger partial charge on any atom is 0.241 e. The molecule has 0 radical (unpaired) electrons. The molecule has 0 spiro atoms. The van der Waals surface area contributed by atoms with Crippen LogP contribution in [0.3, 0.4) is 0 Å². The van der Waals surface area contributed by atoms with E-state index in [1.54, 1.807) is 11.3 Å². The number of benzene rings is 1. The van der Waals surface area contributed by atoms with E-state index in [0.717, 1.165) is 34.0 Å². The van der Waals surface area contributed by atoms with Gasteiger partial charge in [0.15, 0.2) is 0 Å². The summed E-state index contributed by atoms with van der Waals surface area (Å²) in [6.45, 7) is 6.93. The van der Waals surface area contributed by atoms with Crippen molar-refractivity contribution < 1.29 is 9.53 Å². The number of nitrogens with one attached hydrogen (secondary N) is 1. The number of rotatable bonds is 3. The topological polar surface area (TPSA) is 54.5 Å². The Hall–Kier alpha value is -1.50. The fourth-order valence-corrected chi connectivity index (χ4v) is 3.31. The second kappa shape index (κ2) is 6.09. The number of aromatic nitrogens is 1. The number of nitrogens with zero attached hydrogens (tertiary/aromatic N) is 2. The fraction of sp³-hybridized carbons (Fsp3) is 0.467. The molecule has 0 bridgehead atoms. The lowest BCUT2D eigenvalue weighted by Gasteiger charge is -2.31. The van der Waals surface area contributed by atoms with Crippen molar-refractivity contribution in [3.8, 4) is 0 Å². The third-order valence-electron chi connectivity index (χ3n) is 3.73. The molecule has 2 heterocycles. The summed E-state index contributed by atoms with van der Waals surface area (Å²) in [5.74, 6) is 0.0169. The molecule has 1 aliphatic heterocycles. The summed E-state index contributed by atoms with van der Waals surface area (Å²) >= 11 is 1.66. The van der Waals surface area contributed by atoms with Crippen molar-refractivity contribution >= 4 is 33.1 Å². The first-order chi connectivity index (χ1) is 10.1. The molecular weight excluding hydrogens is 286 g/mol. The molecule has 0 aliphatic carbocycles. The van der Waals surface area contributed by atoms with Crippen LogP contribution in [0.4, 0.5) is 5.69 Å². The molecule has 21 heavy (non-hydrogen) atoms. The van der Waals surface area contributed by atoms with Gasteiger partial charge in [-0.05, 0) is 32.0 Å². The van der Waals surface area contributed by atoms with E-state index in [4.69, 9.17) is 4.74 Å². The molecule has 1 aromatic heterocycles. The zero-order chi connectivity index (χ0) is 14.8. The van der Waals surface area contributed by atoms with Crippen molar-refractivity contribution in [1.82, 2.24) is 9.88 Å². The van der Waals surface area contributed by atoms with Crippen molar-refractivity contribution in [2.24, 2.45) is 0 Å². The number of hydrogen-bond donors (Lipinski definition) is 1. The highest BCUT2D eigenvalue weighted by Gasteiger charge is 2.23. The number of carbonyl (C=O) groups is 1. The van der Waals surface area contributed by atoms with E-state index in [2.05, 4.69) is 15.2 Å². The van der Waals surface area contributed by atoms with Gasteiger partial charge in [-0.1, -0.05) is 0 Å². The van der Waals surface area contributed by atoms with E-state index in [1.165, 1.54) is 0 Å². The van der Waals surface area contributed by atoms with E-state index in [9.17, 15) is 4.79 Å². The molecule has 1 fully saturated rings. The molecule has 1 aromatic carbocycles. The summed E-state index contributed by atoms with van der Waals surface area (Å²) < 4.78 is 6.46. The molecule has 1 atom stereocenters. The normalized spacial score (nSPS) is 17.8. The molecule has 5 nitrogen and oxygen atoms in total. The van der Waals surface area contributed by atoms with Crippen LogP contribution in [0.5, 0.6) is 0 Å². The average Bonchev–Trinajstić information content (AvgIpc) is 2.86. The van der Waals surface area contributed by atoms with Crippen LogP contribution in [0, 0.1) is 6.92 Å². The van der Waals surface area contributed by atoms with Crippen LogP contribution in [0.1, 0.15) is 11.9 Å². The Bertz CT molecular complexity index is 649. The standard InChI is InChI=1S/C15H19N3O2S/c1-10(18-5-7-20-8-6-18)15(19)17-12-3-4-14-13(9-12)16-11(2)21-14/h3-4,9-10H,5-8H2,1-2H3,(H,17,19). The Morgan fingerprint density at radius 3 is 2.95 bits per heavy atom. The van der Waals surface area contributed by atoms with Gasteiger partial charge in [-0.3, -0.25) is 9.69 Å². The fourth-order valence-electron chi connectivity index (χ4n) is 2.50. The largest absolute Gasteiger partial charge is 0.379 e. The molecule has 1 amide bonds. The summed E-state index contributed by atoms with van der Waals surface area (Å²) in [4.78, 5) is 18.9. The van der Waals surface area contributed by atoms with Gasteiger partial charge in [-0.25, -0.2) is 4.98 Å². The monoisotopic (exact) mass is 305 g/mol. The maximum atomic E-state index is 12.3. The van der Waals surface area contributed by atoms with Gasteiger partial charge >= 0.3 is 0 Å². The molecule has 3 rings (SSSR count). The summed E-state index contributed by atoms with van der Waals surface area (Å²) in [7, 11) is 0. The van der Waals surface area contributed by atoms with Gasteiger partial charge in [0, 0.05) is 18.8 Å². The van der Waals surface area contributed by atoms with Gasteiger partial charge in [0.2, 0.25) is 5.91 Å². The number of ether oxygens (including phenoxy) is 1. The lowest BCUT2D eigenvalue weighted by Crippen LogP contribution is -2.47. The highest BCUT2D eigenvalue weighted by molar-refractivity contribution is 7.18. The zero-order valence-corrected chi connectivity index (χ0v) is 13.1. The minimum absolute atomic E-state index is 0.0169. The number of morpholine rings is 1. The van der Waals surface area contributed by atoms with Crippen molar-refractivity contribution in [1.29, 1.82) is 0 Å².